The van der Waals surface area contributed by atoms with E-state index in [1.165, 1.54) is 0 Å². The van der Waals surface area contributed by atoms with Crippen molar-refractivity contribution in [2.45, 2.75) is 50.7 Å². The fourth-order valence-corrected chi connectivity index (χ4v) is 3.78. The Morgan fingerprint density at radius 2 is 2.24 bits per heavy atom. The number of aromatic nitrogens is 1. The predicted octanol–water partition coefficient (Wildman–Crippen LogP) is 3.31. The van der Waals surface area contributed by atoms with Gasteiger partial charge in [0.1, 0.15) is 6.29 Å². The first-order valence-electron chi connectivity index (χ1n) is 7.48. The van der Waals surface area contributed by atoms with Crippen molar-refractivity contribution in [3.05, 3.63) is 23.8 Å². The van der Waals surface area contributed by atoms with E-state index in [0.717, 1.165) is 52.9 Å². The summed E-state index contributed by atoms with van der Waals surface area (Å²) < 4.78 is 1.08. The van der Waals surface area contributed by atoms with E-state index in [9.17, 15) is 9.90 Å². The predicted molar refractivity (Wildman–Crippen MR) is 86.0 cm³/mol. The summed E-state index contributed by atoms with van der Waals surface area (Å²) in [4.78, 5) is 15.5. The average Bonchev–Trinajstić information content (AvgIpc) is 2.90. The van der Waals surface area contributed by atoms with Crippen LogP contribution in [0.1, 0.15) is 44.1 Å². The van der Waals surface area contributed by atoms with Gasteiger partial charge in [0.25, 0.3) is 0 Å². The molecule has 21 heavy (non-hydrogen) atoms. The number of carbonyl (C=O) groups excluding carboxylic acids is 1. The second kappa shape index (κ2) is 6.12. The lowest BCUT2D eigenvalue weighted by Gasteiger charge is -2.27. The zero-order chi connectivity index (χ0) is 14.8. The SMILES string of the molecule is CC(C=O)c1ccc2nc(N[C@@H]3CCCC[C@H]3O)sc2c1. The number of hydrogen-bond acceptors (Lipinski definition) is 5. The van der Waals surface area contributed by atoms with Gasteiger partial charge in [0.15, 0.2) is 5.13 Å². The Labute approximate surface area is 128 Å². The molecule has 1 aliphatic rings. The van der Waals surface area contributed by atoms with Crippen LogP contribution in [0.2, 0.25) is 0 Å². The first-order valence-corrected chi connectivity index (χ1v) is 8.29. The monoisotopic (exact) mass is 304 g/mol. The molecule has 1 heterocycles. The number of rotatable bonds is 4. The third-order valence-electron chi connectivity index (χ3n) is 4.18. The number of benzene rings is 1. The molecule has 0 radical (unpaired) electrons. The minimum atomic E-state index is -0.281. The molecule has 1 aliphatic carbocycles. The molecular weight excluding hydrogens is 284 g/mol. The molecule has 2 aromatic rings. The Bertz CT molecular complexity index is 640. The van der Waals surface area contributed by atoms with Crippen molar-refractivity contribution in [1.29, 1.82) is 0 Å². The number of fused-ring (bicyclic) bond motifs is 1. The molecule has 0 spiro atoms. The Hall–Kier alpha value is -1.46. The second-order valence-corrected chi connectivity index (χ2v) is 6.80. The maximum absolute atomic E-state index is 10.9. The number of nitrogens with one attached hydrogen (secondary N) is 1. The van der Waals surface area contributed by atoms with Gasteiger partial charge >= 0.3 is 0 Å². The van der Waals surface area contributed by atoms with E-state index in [1.807, 2.05) is 25.1 Å². The molecule has 0 saturated heterocycles. The molecule has 0 bridgehead atoms. The minimum absolute atomic E-state index is 0.0897. The molecule has 2 N–H and O–H groups in total. The Balaban J connectivity index is 1.82. The highest BCUT2D eigenvalue weighted by Crippen LogP contribution is 2.30. The third kappa shape index (κ3) is 3.09. The van der Waals surface area contributed by atoms with Gasteiger partial charge in [-0.3, -0.25) is 0 Å². The zero-order valence-corrected chi connectivity index (χ0v) is 12.9. The molecule has 1 unspecified atom stereocenters. The molecule has 4 nitrogen and oxygen atoms in total. The van der Waals surface area contributed by atoms with Gasteiger partial charge in [0.05, 0.1) is 22.4 Å². The normalized spacial score (nSPS) is 23.9. The number of aliphatic hydroxyl groups excluding tert-OH is 1. The van der Waals surface area contributed by atoms with Gasteiger partial charge in [-0.15, -0.1) is 0 Å². The van der Waals surface area contributed by atoms with Crippen molar-refractivity contribution in [3.8, 4) is 0 Å². The van der Waals surface area contributed by atoms with Crippen molar-refractivity contribution in [2.75, 3.05) is 5.32 Å². The Kier molecular flexibility index (Phi) is 4.22. The second-order valence-electron chi connectivity index (χ2n) is 5.77. The summed E-state index contributed by atoms with van der Waals surface area (Å²) >= 11 is 1.59. The van der Waals surface area contributed by atoms with E-state index in [2.05, 4.69) is 10.3 Å². The molecule has 1 aromatic carbocycles. The molecular formula is C16H20N2O2S. The fourth-order valence-electron chi connectivity index (χ4n) is 2.80. The largest absolute Gasteiger partial charge is 0.391 e. The molecule has 112 valence electrons. The first kappa shape index (κ1) is 14.5. The third-order valence-corrected chi connectivity index (χ3v) is 5.13. The fraction of sp³-hybridized carbons (Fsp3) is 0.500. The van der Waals surface area contributed by atoms with Crippen LogP contribution >= 0.6 is 11.3 Å². The zero-order valence-electron chi connectivity index (χ0n) is 12.1. The number of carbonyl (C=O) groups is 1. The summed E-state index contributed by atoms with van der Waals surface area (Å²) in [7, 11) is 0. The van der Waals surface area contributed by atoms with Crippen LogP contribution in [0.3, 0.4) is 0 Å². The average molecular weight is 304 g/mol. The topological polar surface area (TPSA) is 62.2 Å². The lowest BCUT2D eigenvalue weighted by molar-refractivity contribution is -0.108. The molecule has 1 aromatic heterocycles. The van der Waals surface area contributed by atoms with Gasteiger partial charge in [-0.2, -0.15) is 0 Å². The van der Waals surface area contributed by atoms with Crippen molar-refractivity contribution in [1.82, 2.24) is 4.98 Å². The smallest absolute Gasteiger partial charge is 0.184 e. The van der Waals surface area contributed by atoms with Gasteiger partial charge < -0.3 is 15.2 Å². The molecule has 5 heteroatoms. The minimum Gasteiger partial charge on any atom is -0.391 e. The maximum atomic E-state index is 10.9. The van der Waals surface area contributed by atoms with Gasteiger partial charge in [-0.25, -0.2) is 4.98 Å². The van der Waals surface area contributed by atoms with Crippen LogP contribution in [0.15, 0.2) is 18.2 Å². The molecule has 3 atom stereocenters. The molecule has 1 fully saturated rings. The van der Waals surface area contributed by atoms with Gasteiger partial charge in [0.2, 0.25) is 0 Å². The van der Waals surface area contributed by atoms with E-state index >= 15 is 0 Å². The summed E-state index contributed by atoms with van der Waals surface area (Å²) in [5.74, 6) is -0.0897. The van der Waals surface area contributed by atoms with Gasteiger partial charge in [0, 0.05) is 5.92 Å². The maximum Gasteiger partial charge on any atom is 0.184 e. The summed E-state index contributed by atoms with van der Waals surface area (Å²) in [6.45, 7) is 1.90. The van der Waals surface area contributed by atoms with Crippen molar-refractivity contribution in [3.63, 3.8) is 0 Å². The summed E-state index contributed by atoms with van der Waals surface area (Å²) in [5, 5.41) is 14.3. The van der Waals surface area contributed by atoms with Crippen LogP contribution in [0, 0.1) is 0 Å². The van der Waals surface area contributed by atoms with Crippen LogP contribution in [-0.4, -0.2) is 28.5 Å². The van der Waals surface area contributed by atoms with E-state index in [0.29, 0.717) is 0 Å². The Morgan fingerprint density at radius 3 is 3.00 bits per heavy atom. The quantitative estimate of drug-likeness (QED) is 0.851. The summed E-state index contributed by atoms with van der Waals surface area (Å²) in [6, 6.07) is 6.06. The molecule has 0 aliphatic heterocycles. The standard InChI is InChI=1S/C16H20N2O2S/c1-10(9-19)11-6-7-13-15(8-11)21-16(18-13)17-12-4-2-3-5-14(12)20/h6-10,12,14,20H,2-5H2,1H3,(H,17,18)/t10?,12-,14-/m1/s1. The van der Waals surface area contributed by atoms with Gasteiger partial charge in [-0.1, -0.05) is 37.2 Å². The van der Waals surface area contributed by atoms with Crippen LogP contribution in [0.25, 0.3) is 10.2 Å². The summed E-state index contributed by atoms with van der Waals surface area (Å²) in [6.07, 6.45) is 4.79. The van der Waals surface area contributed by atoms with E-state index in [1.54, 1.807) is 11.3 Å². The Morgan fingerprint density at radius 1 is 1.43 bits per heavy atom. The van der Waals surface area contributed by atoms with Crippen molar-refractivity contribution < 1.29 is 9.90 Å². The number of aldehydes is 1. The van der Waals surface area contributed by atoms with Crippen LogP contribution in [0.4, 0.5) is 5.13 Å². The van der Waals surface area contributed by atoms with Crippen LogP contribution in [-0.2, 0) is 4.79 Å². The number of thiazole rings is 1. The van der Waals surface area contributed by atoms with E-state index in [4.69, 9.17) is 0 Å². The summed E-state index contributed by atoms with van der Waals surface area (Å²) in [5.41, 5.74) is 1.96. The number of anilines is 1. The first-order chi connectivity index (χ1) is 10.2. The highest BCUT2D eigenvalue weighted by Gasteiger charge is 2.23. The molecule has 1 saturated carbocycles. The molecule has 0 amide bonds. The van der Waals surface area contributed by atoms with Crippen molar-refractivity contribution >= 4 is 33.0 Å². The lowest BCUT2D eigenvalue weighted by Crippen LogP contribution is -2.36. The number of nitrogens with zero attached hydrogens (tertiary/aromatic N) is 1. The van der Waals surface area contributed by atoms with Gasteiger partial charge in [-0.05, 0) is 30.5 Å². The van der Waals surface area contributed by atoms with E-state index < -0.39 is 0 Å². The highest BCUT2D eigenvalue weighted by molar-refractivity contribution is 7.22. The van der Waals surface area contributed by atoms with Crippen molar-refractivity contribution in [2.24, 2.45) is 0 Å². The number of hydrogen-bond donors (Lipinski definition) is 2. The van der Waals surface area contributed by atoms with E-state index in [-0.39, 0.29) is 18.1 Å². The molecule has 3 rings (SSSR count). The lowest BCUT2D eigenvalue weighted by atomic mass is 9.93. The van der Waals surface area contributed by atoms with Crippen LogP contribution in [0.5, 0.6) is 0 Å². The van der Waals surface area contributed by atoms with Crippen LogP contribution < -0.4 is 5.32 Å². The number of aliphatic hydroxyl groups is 1. The highest BCUT2D eigenvalue weighted by atomic mass is 32.1.